The van der Waals surface area contributed by atoms with Crippen LogP contribution in [0.4, 0.5) is 5.69 Å². The lowest BCUT2D eigenvalue weighted by molar-refractivity contribution is 0.507. The van der Waals surface area contributed by atoms with Gasteiger partial charge in [0.1, 0.15) is 5.82 Å². The van der Waals surface area contributed by atoms with Crippen molar-refractivity contribution in [3.8, 4) is 0 Å². The monoisotopic (exact) mass is 244 g/mol. The first-order valence-corrected chi connectivity index (χ1v) is 6.56. The van der Waals surface area contributed by atoms with Gasteiger partial charge < -0.3 is 15.6 Å². The van der Waals surface area contributed by atoms with E-state index in [9.17, 15) is 0 Å². The molecule has 1 fully saturated rings. The van der Waals surface area contributed by atoms with Crippen molar-refractivity contribution in [2.45, 2.75) is 19.8 Å². The predicted molar refractivity (Wildman–Crippen MR) is 74.9 cm³/mol. The van der Waals surface area contributed by atoms with Crippen LogP contribution in [0.3, 0.4) is 0 Å². The van der Waals surface area contributed by atoms with Gasteiger partial charge in [-0.15, -0.1) is 0 Å². The maximum absolute atomic E-state index is 4.41. The van der Waals surface area contributed by atoms with Gasteiger partial charge in [0.05, 0.1) is 11.0 Å². The highest BCUT2D eigenvalue weighted by atomic mass is 15.0. The summed E-state index contributed by atoms with van der Waals surface area (Å²) in [4.78, 5) is 7.68. The smallest absolute Gasteiger partial charge is 0.104 e. The Morgan fingerprint density at radius 3 is 2.89 bits per heavy atom. The summed E-state index contributed by atoms with van der Waals surface area (Å²) in [6.07, 6.45) is 2.65. The van der Waals surface area contributed by atoms with Gasteiger partial charge in [-0.05, 0) is 45.0 Å². The molecule has 4 heteroatoms. The Bertz CT molecular complexity index is 554. The first kappa shape index (κ1) is 11.5. The van der Waals surface area contributed by atoms with Gasteiger partial charge in [-0.25, -0.2) is 4.98 Å². The van der Waals surface area contributed by atoms with Crippen LogP contribution in [0.1, 0.15) is 18.7 Å². The van der Waals surface area contributed by atoms with Crippen LogP contribution in [0.15, 0.2) is 18.2 Å². The van der Waals surface area contributed by atoms with Crippen molar-refractivity contribution in [3.05, 3.63) is 24.0 Å². The van der Waals surface area contributed by atoms with Crippen LogP contribution < -0.4 is 10.6 Å². The van der Waals surface area contributed by atoms with Crippen molar-refractivity contribution in [2.75, 3.05) is 25.5 Å². The highest BCUT2D eigenvalue weighted by Crippen LogP contribution is 2.44. The lowest BCUT2D eigenvalue weighted by atomic mass is 10.1. The van der Waals surface area contributed by atoms with Gasteiger partial charge in [0.25, 0.3) is 0 Å². The zero-order valence-corrected chi connectivity index (χ0v) is 11.0. The molecular formula is C14H20N4. The standard InChI is InChI=1S/C14H20N4/c1-10-17-12-4-3-11(7-13(12)18-10)16-9-14(5-6-14)8-15-2/h3-4,7,15-16H,5-6,8-9H2,1-2H3,(H,17,18). The Morgan fingerprint density at radius 2 is 2.17 bits per heavy atom. The summed E-state index contributed by atoms with van der Waals surface area (Å²) in [5, 5.41) is 6.83. The molecular weight excluding hydrogens is 224 g/mol. The average molecular weight is 244 g/mol. The summed E-state index contributed by atoms with van der Waals surface area (Å²) in [5.74, 6) is 0.969. The van der Waals surface area contributed by atoms with Crippen molar-refractivity contribution in [2.24, 2.45) is 5.41 Å². The zero-order chi connectivity index (χ0) is 12.6. The van der Waals surface area contributed by atoms with Crippen LogP contribution >= 0.6 is 0 Å². The van der Waals surface area contributed by atoms with Crippen molar-refractivity contribution >= 4 is 16.7 Å². The van der Waals surface area contributed by atoms with E-state index in [0.717, 1.165) is 29.9 Å². The quantitative estimate of drug-likeness (QED) is 0.756. The van der Waals surface area contributed by atoms with Crippen LogP contribution in [0.25, 0.3) is 11.0 Å². The number of benzene rings is 1. The third-order valence-corrected chi connectivity index (χ3v) is 3.78. The highest BCUT2D eigenvalue weighted by Gasteiger charge is 2.41. The Hall–Kier alpha value is -1.55. The number of aromatic nitrogens is 2. The van der Waals surface area contributed by atoms with E-state index in [-0.39, 0.29) is 0 Å². The van der Waals surface area contributed by atoms with E-state index in [0.29, 0.717) is 5.41 Å². The van der Waals surface area contributed by atoms with E-state index in [2.05, 4.69) is 38.8 Å². The molecule has 1 aliphatic carbocycles. The first-order valence-electron chi connectivity index (χ1n) is 6.56. The molecule has 0 spiro atoms. The van der Waals surface area contributed by atoms with E-state index in [1.54, 1.807) is 0 Å². The van der Waals surface area contributed by atoms with Crippen LogP contribution in [0, 0.1) is 12.3 Å². The van der Waals surface area contributed by atoms with Crippen molar-refractivity contribution in [1.29, 1.82) is 0 Å². The van der Waals surface area contributed by atoms with Gasteiger partial charge in [-0.1, -0.05) is 0 Å². The van der Waals surface area contributed by atoms with Crippen molar-refractivity contribution in [1.82, 2.24) is 15.3 Å². The number of anilines is 1. The number of nitrogens with zero attached hydrogens (tertiary/aromatic N) is 1. The molecule has 1 aliphatic rings. The van der Waals surface area contributed by atoms with Crippen LogP contribution in [0.5, 0.6) is 0 Å². The molecule has 3 rings (SSSR count). The Kier molecular flexibility index (Phi) is 2.74. The maximum Gasteiger partial charge on any atom is 0.104 e. The van der Waals surface area contributed by atoms with E-state index in [1.165, 1.54) is 18.5 Å². The molecule has 4 nitrogen and oxygen atoms in total. The van der Waals surface area contributed by atoms with E-state index >= 15 is 0 Å². The molecule has 1 aromatic heterocycles. The Balaban J connectivity index is 1.71. The minimum atomic E-state index is 0.480. The normalized spacial score (nSPS) is 17.0. The molecule has 0 bridgehead atoms. The molecule has 96 valence electrons. The molecule has 1 heterocycles. The maximum atomic E-state index is 4.41. The summed E-state index contributed by atoms with van der Waals surface area (Å²) in [5.41, 5.74) is 3.80. The fraction of sp³-hybridized carbons (Fsp3) is 0.500. The molecule has 1 aromatic carbocycles. The number of hydrogen-bond donors (Lipinski definition) is 3. The minimum Gasteiger partial charge on any atom is -0.384 e. The summed E-state index contributed by atoms with van der Waals surface area (Å²) < 4.78 is 0. The molecule has 0 saturated heterocycles. The molecule has 0 unspecified atom stereocenters. The number of rotatable bonds is 5. The third-order valence-electron chi connectivity index (χ3n) is 3.78. The predicted octanol–water partition coefficient (Wildman–Crippen LogP) is 2.28. The van der Waals surface area contributed by atoms with Gasteiger partial charge in [0.15, 0.2) is 0 Å². The first-order chi connectivity index (χ1) is 8.71. The lowest BCUT2D eigenvalue weighted by Crippen LogP contribution is -2.26. The molecule has 2 aromatic rings. The van der Waals surface area contributed by atoms with Crippen molar-refractivity contribution in [3.63, 3.8) is 0 Å². The molecule has 3 N–H and O–H groups in total. The summed E-state index contributed by atoms with van der Waals surface area (Å²) in [7, 11) is 2.03. The molecule has 0 atom stereocenters. The summed E-state index contributed by atoms with van der Waals surface area (Å²) in [6, 6.07) is 6.32. The molecule has 0 aliphatic heterocycles. The Morgan fingerprint density at radius 1 is 1.33 bits per heavy atom. The number of aromatic amines is 1. The van der Waals surface area contributed by atoms with E-state index < -0.39 is 0 Å². The summed E-state index contributed by atoms with van der Waals surface area (Å²) in [6.45, 7) is 4.14. The number of nitrogens with one attached hydrogen (secondary N) is 3. The van der Waals surface area contributed by atoms with Crippen LogP contribution in [0.2, 0.25) is 0 Å². The number of imidazole rings is 1. The molecule has 0 amide bonds. The molecule has 0 radical (unpaired) electrons. The van der Waals surface area contributed by atoms with Crippen LogP contribution in [-0.4, -0.2) is 30.1 Å². The van der Waals surface area contributed by atoms with Crippen molar-refractivity contribution < 1.29 is 0 Å². The van der Waals surface area contributed by atoms with E-state index in [4.69, 9.17) is 0 Å². The number of H-pyrrole nitrogens is 1. The number of fused-ring (bicyclic) bond motifs is 1. The fourth-order valence-electron chi connectivity index (χ4n) is 2.50. The second-order valence-corrected chi connectivity index (χ2v) is 5.44. The second-order valence-electron chi connectivity index (χ2n) is 5.44. The topological polar surface area (TPSA) is 52.7 Å². The van der Waals surface area contributed by atoms with Gasteiger partial charge in [0.2, 0.25) is 0 Å². The largest absolute Gasteiger partial charge is 0.384 e. The second kappa shape index (κ2) is 4.28. The molecule has 1 saturated carbocycles. The lowest BCUT2D eigenvalue weighted by Gasteiger charge is -2.16. The van der Waals surface area contributed by atoms with Crippen LogP contribution in [-0.2, 0) is 0 Å². The zero-order valence-electron chi connectivity index (χ0n) is 11.0. The number of hydrogen-bond acceptors (Lipinski definition) is 3. The minimum absolute atomic E-state index is 0.480. The van der Waals surface area contributed by atoms with E-state index in [1.807, 2.05) is 14.0 Å². The van der Waals surface area contributed by atoms with Gasteiger partial charge in [-0.2, -0.15) is 0 Å². The molecule has 18 heavy (non-hydrogen) atoms. The van der Waals surface area contributed by atoms with Gasteiger partial charge in [-0.3, -0.25) is 0 Å². The average Bonchev–Trinajstić information content (AvgIpc) is 3.00. The third kappa shape index (κ3) is 2.20. The number of aryl methyl sites for hydroxylation is 1. The summed E-state index contributed by atoms with van der Waals surface area (Å²) >= 11 is 0. The Labute approximate surface area is 107 Å². The van der Waals surface area contributed by atoms with Gasteiger partial charge in [0, 0.05) is 24.2 Å². The fourth-order valence-corrected chi connectivity index (χ4v) is 2.50. The van der Waals surface area contributed by atoms with Gasteiger partial charge >= 0.3 is 0 Å². The highest BCUT2D eigenvalue weighted by molar-refractivity contribution is 5.79. The SMILES string of the molecule is CNCC1(CNc2ccc3nc(C)[nH]c3c2)CC1.